The normalized spacial score (nSPS) is 12.6. The van der Waals surface area contributed by atoms with E-state index in [4.69, 9.17) is 27.4 Å². The zero-order valence-electron chi connectivity index (χ0n) is 18.0. The number of ether oxygens (including phenoxy) is 2. The number of esters is 2. The molecule has 9 heteroatoms. The number of pyridine rings is 1. The lowest BCUT2D eigenvalue weighted by atomic mass is 9.72. The van der Waals surface area contributed by atoms with Gasteiger partial charge in [-0.05, 0) is 42.2 Å². The smallest absolute Gasteiger partial charge is 0.337 e. The van der Waals surface area contributed by atoms with Crippen LogP contribution in [0.4, 0.5) is 11.8 Å². The number of terminal acetylenes is 1. The summed E-state index contributed by atoms with van der Waals surface area (Å²) in [6.45, 7) is 1.84. The third kappa shape index (κ3) is 3.90. The molecule has 0 saturated carbocycles. The second-order valence-corrected chi connectivity index (χ2v) is 7.27. The fraction of sp³-hybridized carbons (Fsp3) is 0.261. The molecule has 3 rings (SSSR count). The predicted octanol–water partition coefficient (Wildman–Crippen LogP) is 1.96. The van der Waals surface area contributed by atoms with Crippen molar-refractivity contribution in [2.24, 2.45) is 0 Å². The summed E-state index contributed by atoms with van der Waals surface area (Å²) in [7, 11) is 2.60. The molecule has 2 aromatic heterocycles. The molecule has 1 unspecified atom stereocenters. The molecular weight excluding hydrogens is 410 g/mol. The Morgan fingerprint density at radius 1 is 1.12 bits per heavy atom. The maximum absolute atomic E-state index is 13.1. The first kappa shape index (κ1) is 22.5. The fourth-order valence-corrected chi connectivity index (χ4v) is 3.78. The van der Waals surface area contributed by atoms with Crippen LogP contribution >= 0.6 is 0 Å². The molecule has 164 valence electrons. The lowest BCUT2D eigenvalue weighted by Crippen LogP contribution is -2.39. The minimum Gasteiger partial charge on any atom is -0.468 e. The lowest BCUT2D eigenvalue weighted by Gasteiger charge is -2.30. The summed E-state index contributed by atoms with van der Waals surface area (Å²) in [6, 6.07) is 6.50. The van der Waals surface area contributed by atoms with Gasteiger partial charge in [-0.25, -0.2) is 9.78 Å². The van der Waals surface area contributed by atoms with Crippen molar-refractivity contribution in [3.63, 3.8) is 0 Å². The predicted molar refractivity (Wildman–Crippen MR) is 120 cm³/mol. The van der Waals surface area contributed by atoms with Crippen LogP contribution in [0.1, 0.15) is 33.5 Å². The molecule has 9 nitrogen and oxygen atoms in total. The first-order chi connectivity index (χ1) is 15.3. The van der Waals surface area contributed by atoms with Crippen LogP contribution in [0, 0.1) is 19.3 Å². The van der Waals surface area contributed by atoms with E-state index in [9.17, 15) is 9.59 Å². The van der Waals surface area contributed by atoms with Gasteiger partial charge in [-0.3, -0.25) is 4.79 Å². The van der Waals surface area contributed by atoms with Crippen molar-refractivity contribution in [3.8, 4) is 12.3 Å². The van der Waals surface area contributed by atoms with Gasteiger partial charge in [-0.2, -0.15) is 9.97 Å². The molecule has 1 aromatic carbocycles. The van der Waals surface area contributed by atoms with E-state index in [-0.39, 0.29) is 24.6 Å². The zero-order valence-corrected chi connectivity index (χ0v) is 18.0. The molecule has 4 N–H and O–H groups in total. The number of carbonyl (C=O) groups excluding carboxylic acids is 2. The highest BCUT2D eigenvalue weighted by atomic mass is 16.5. The van der Waals surface area contributed by atoms with Crippen LogP contribution in [0.2, 0.25) is 0 Å². The van der Waals surface area contributed by atoms with Gasteiger partial charge in [0.1, 0.15) is 11.2 Å². The Kier molecular flexibility index (Phi) is 6.25. The van der Waals surface area contributed by atoms with E-state index in [2.05, 4.69) is 20.9 Å². The first-order valence-electron chi connectivity index (χ1n) is 9.65. The van der Waals surface area contributed by atoms with Gasteiger partial charge in [0.15, 0.2) is 5.65 Å². The second-order valence-electron chi connectivity index (χ2n) is 7.27. The number of hydrogen-bond donors (Lipinski definition) is 2. The molecule has 1 atom stereocenters. The van der Waals surface area contributed by atoms with Crippen LogP contribution in [0.15, 0.2) is 30.5 Å². The van der Waals surface area contributed by atoms with Crippen LogP contribution in [0.3, 0.4) is 0 Å². The Morgan fingerprint density at radius 2 is 1.81 bits per heavy atom. The molecule has 0 bridgehead atoms. The van der Waals surface area contributed by atoms with Crippen LogP contribution < -0.4 is 11.5 Å². The van der Waals surface area contributed by atoms with Gasteiger partial charge in [0.25, 0.3) is 0 Å². The zero-order chi connectivity index (χ0) is 23.5. The Labute approximate surface area is 185 Å². The molecular formula is C23H23N5O4. The van der Waals surface area contributed by atoms with Crippen LogP contribution in [-0.2, 0) is 26.1 Å². The summed E-state index contributed by atoms with van der Waals surface area (Å²) in [5, 5.41) is 0.553. The average Bonchev–Trinajstić information content (AvgIpc) is 2.79. The molecule has 0 aliphatic heterocycles. The second kappa shape index (κ2) is 8.89. The van der Waals surface area contributed by atoms with E-state index < -0.39 is 17.4 Å². The summed E-state index contributed by atoms with van der Waals surface area (Å²) >= 11 is 0. The molecule has 32 heavy (non-hydrogen) atoms. The number of aryl methyl sites for hydroxylation is 1. The molecule has 2 heterocycles. The number of carbonyl (C=O) groups is 2. The summed E-state index contributed by atoms with van der Waals surface area (Å²) in [4.78, 5) is 37.4. The highest BCUT2D eigenvalue weighted by molar-refractivity contribution is 5.91. The van der Waals surface area contributed by atoms with E-state index in [0.717, 1.165) is 11.1 Å². The van der Waals surface area contributed by atoms with Crippen molar-refractivity contribution in [2.45, 2.75) is 25.2 Å². The topological polar surface area (TPSA) is 143 Å². The molecule has 0 aliphatic carbocycles. The van der Waals surface area contributed by atoms with Crippen molar-refractivity contribution in [3.05, 3.63) is 52.7 Å². The van der Waals surface area contributed by atoms with Gasteiger partial charge >= 0.3 is 11.9 Å². The van der Waals surface area contributed by atoms with E-state index >= 15 is 0 Å². The summed E-state index contributed by atoms with van der Waals surface area (Å²) in [5.74, 6) is 1.81. The average molecular weight is 433 g/mol. The van der Waals surface area contributed by atoms with E-state index in [1.165, 1.54) is 14.2 Å². The number of hydrogen-bond acceptors (Lipinski definition) is 9. The molecule has 0 radical (unpaired) electrons. The minimum absolute atomic E-state index is 0.0246. The van der Waals surface area contributed by atoms with Gasteiger partial charge in [0.05, 0.1) is 25.2 Å². The highest BCUT2D eigenvalue weighted by Gasteiger charge is 2.41. The maximum Gasteiger partial charge on any atom is 0.337 e. The quantitative estimate of drug-likeness (QED) is 0.440. The number of rotatable bonds is 6. The van der Waals surface area contributed by atoms with Gasteiger partial charge < -0.3 is 20.9 Å². The summed E-state index contributed by atoms with van der Waals surface area (Å²) in [5.41, 5.74) is 13.3. The standard InChI is InChI=1S/C23H23N5O4/c1-5-10-23(21(30)32-4,16-8-6-14(7-9-16)20(29)31-3)11-15-12-26-19-17(13(15)2)18(24)27-22(25)28-19/h1,6-9,12H,10-11H2,2-4H3,(H4,24,25,26,27,28). The van der Waals surface area contributed by atoms with Crippen molar-refractivity contribution in [1.29, 1.82) is 0 Å². The van der Waals surface area contributed by atoms with E-state index in [0.29, 0.717) is 22.2 Å². The number of benzene rings is 1. The minimum atomic E-state index is -1.22. The highest BCUT2D eigenvalue weighted by Crippen LogP contribution is 2.36. The van der Waals surface area contributed by atoms with E-state index in [1.807, 2.05) is 6.92 Å². The molecule has 0 spiro atoms. The van der Waals surface area contributed by atoms with Crippen LogP contribution in [0.5, 0.6) is 0 Å². The van der Waals surface area contributed by atoms with Crippen molar-refractivity contribution in [2.75, 3.05) is 25.7 Å². The Hall–Kier alpha value is -4.19. The van der Waals surface area contributed by atoms with Crippen molar-refractivity contribution < 1.29 is 19.1 Å². The monoisotopic (exact) mass is 433 g/mol. The summed E-state index contributed by atoms with van der Waals surface area (Å²) < 4.78 is 9.89. The fourth-order valence-electron chi connectivity index (χ4n) is 3.78. The molecule has 0 aliphatic rings. The SMILES string of the molecule is C#CCC(Cc1cnc2nc(N)nc(N)c2c1C)(C(=O)OC)c1ccc(C(=O)OC)cc1. The summed E-state index contributed by atoms with van der Waals surface area (Å²) in [6.07, 6.45) is 7.52. The van der Waals surface area contributed by atoms with Gasteiger partial charge in [0, 0.05) is 12.6 Å². The third-order valence-corrected chi connectivity index (χ3v) is 5.47. The lowest BCUT2D eigenvalue weighted by molar-refractivity contribution is -0.147. The maximum atomic E-state index is 13.1. The Morgan fingerprint density at radius 3 is 2.41 bits per heavy atom. The number of fused-ring (bicyclic) bond motifs is 1. The van der Waals surface area contributed by atoms with Gasteiger partial charge in [-0.1, -0.05) is 12.1 Å². The number of nitrogens with zero attached hydrogens (tertiary/aromatic N) is 3. The van der Waals surface area contributed by atoms with Crippen molar-refractivity contribution >= 4 is 34.7 Å². The third-order valence-electron chi connectivity index (χ3n) is 5.47. The van der Waals surface area contributed by atoms with Gasteiger partial charge in [-0.15, -0.1) is 12.3 Å². The van der Waals surface area contributed by atoms with Crippen LogP contribution in [-0.4, -0.2) is 41.1 Å². The van der Waals surface area contributed by atoms with Crippen LogP contribution in [0.25, 0.3) is 11.0 Å². The van der Waals surface area contributed by atoms with Crippen molar-refractivity contribution in [1.82, 2.24) is 15.0 Å². The Bertz CT molecular complexity index is 1230. The molecule has 0 fully saturated rings. The number of anilines is 2. The first-order valence-corrected chi connectivity index (χ1v) is 9.65. The number of methoxy groups -OCH3 is 2. The number of nitrogens with two attached hydrogens (primary N) is 2. The molecule has 3 aromatic rings. The van der Waals surface area contributed by atoms with E-state index in [1.54, 1.807) is 30.5 Å². The van der Waals surface area contributed by atoms with Gasteiger partial charge in [0.2, 0.25) is 5.95 Å². The molecule has 0 saturated heterocycles. The number of nitrogen functional groups attached to an aromatic ring is 2. The number of aromatic nitrogens is 3. The molecule has 0 amide bonds. The largest absolute Gasteiger partial charge is 0.468 e. The Balaban J connectivity index is 2.17.